The van der Waals surface area contributed by atoms with E-state index in [4.69, 9.17) is 0 Å². The largest absolute Gasteiger partial charge is 0.319 e. The summed E-state index contributed by atoms with van der Waals surface area (Å²) in [4.78, 5) is 37.0. The number of hydrogen-bond donors (Lipinski definition) is 1. The number of amides is 1. The van der Waals surface area contributed by atoms with Crippen molar-refractivity contribution in [1.82, 2.24) is 4.98 Å². The van der Waals surface area contributed by atoms with Crippen LogP contribution in [0.5, 0.6) is 0 Å². The maximum Gasteiger partial charge on any atom is 0.314 e. The molecular weight excluding hydrogens is 250 g/mol. The number of aryl methyl sites for hydroxylation is 1. The Bertz CT molecular complexity index is 547. The van der Waals surface area contributed by atoms with Gasteiger partial charge in [-0.25, -0.2) is 0 Å². The van der Waals surface area contributed by atoms with Gasteiger partial charge in [0.1, 0.15) is 11.4 Å². The number of rotatable bonds is 3. The van der Waals surface area contributed by atoms with Gasteiger partial charge in [-0.3, -0.25) is 24.7 Å². The zero-order valence-electron chi connectivity index (χ0n) is 11.2. The van der Waals surface area contributed by atoms with Gasteiger partial charge in [-0.05, 0) is 6.92 Å². The van der Waals surface area contributed by atoms with Gasteiger partial charge in [0.05, 0.1) is 10.5 Å². The predicted octanol–water partition coefficient (Wildman–Crippen LogP) is 2.10. The number of nitro groups is 1. The van der Waals surface area contributed by atoms with Gasteiger partial charge in [0, 0.05) is 11.6 Å². The second-order valence-corrected chi connectivity index (χ2v) is 5.10. The van der Waals surface area contributed by atoms with E-state index in [2.05, 4.69) is 10.3 Å². The molecule has 0 saturated heterocycles. The fourth-order valence-corrected chi connectivity index (χ4v) is 1.35. The molecule has 7 heteroatoms. The number of carbonyl (C=O) groups is 2. The Morgan fingerprint density at radius 1 is 1.47 bits per heavy atom. The lowest BCUT2D eigenvalue weighted by atomic mass is 9.95. The molecule has 0 fully saturated rings. The molecule has 1 heterocycles. The zero-order valence-corrected chi connectivity index (χ0v) is 11.2. The van der Waals surface area contributed by atoms with Crippen LogP contribution >= 0.6 is 0 Å². The second kappa shape index (κ2) is 5.13. The molecule has 0 radical (unpaired) electrons. The third-order valence-electron chi connectivity index (χ3n) is 2.49. The van der Waals surface area contributed by atoms with Gasteiger partial charge in [0.2, 0.25) is 5.91 Å². The highest BCUT2D eigenvalue weighted by atomic mass is 16.6. The number of carbonyl (C=O) groups excluding carboxylic acids is 2. The summed E-state index contributed by atoms with van der Waals surface area (Å²) in [7, 11) is 0. The molecule has 102 valence electrons. The predicted molar refractivity (Wildman–Crippen MR) is 69.1 cm³/mol. The van der Waals surface area contributed by atoms with Gasteiger partial charge < -0.3 is 5.32 Å². The summed E-state index contributed by atoms with van der Waals surface area (Å²) in [6.07, 6.45) is 1.63. The van der Waals surface area contributed by atoms with Crippen molar-refractivity contribution in [3.8, 4) is 0 Å². The monoisotopic (exact) mass is 265 g/mol. The quantitative estimate of drug-likeness (QED) is 0.512. The first-order valence-corrected chi connectivity index (χ1v) is 5.59. The second-order valence-electron chi connectivity index (χ2n) is 5.10. The summed E-state index contributed by atoms with van der Waals surface area (Å²) in [6, 6.07) is 0. The topological polar surface area (TPSA) is 102 Å². The Morgan fingerprint density at radius 3 is 2.47 bits per heavy atom. The van der Waals surface area contributed by atoms with Crippen molar-refractivity contribution in [3.05, 3.63) is 27.6 Å². The van der Waals surface area contributed by atoms with Crippen LogP contribution in [0.15, 0.2) is 6.20 Å². The van der Waals surface area contributed by atoms with Gasteiger partial charge in [0.15, 0.2) is 6.29 Å². The van der Waals surface area contributed by atoms with Crippen molar-refractivity contribution in [2.75, 3.05) is 5.32 Å². The standard InChI is InChI=1S/C12H15N3O4/c1-7-10(15(18)19)9(8(6-16)5-13-7)14-11(17)12(2,3)4/h5-6H,1-4H3,(H,13,14,17). The van der Waals surface area contributed by atoms with Crippen molar-refractivity contribution in [3.63, 3.8) is 0 Å². The summed E-state index contributed by atoms with van der Waals surface area (Å²) in [5.41, 5.74) is -1.07. The lowest BCUT2D eigenvalue weighted by Crippen LogP contribution is -2.28. The molecule has 0 unspecified atom stereocenters. The minimum Gasteiger partial charge on any atom is -0.319 e. The fraction of sp³-hybridized carbons (Fsp3) is 0.417. The van der Waals surface area contributed by atoms with E-state index in [1.165, 1.54) is 13.1 Å². The molecule has 0 aromatic carbocycles. The highest BCUT2D eigenvalue weighted by molar-refractivity contribution is 6.01. The molecule has 1 rings (SSSR count). The summed E-state index contributed by atoms with van der Waals surface area (Å²) in [5, 5.41) is 13.5. The van der Waals surface area contributed by atoms with Crippen LogP contribution in [-0.2, 0) is 4.79 Å². The summed E-state index contributed by atoms with van der Waals surface area (Å²) in [6.45, 7) is 6.45. The average Bonchev–Trinajstić information content (AvgIpc) is 2.27. The third kappa shape index (κ3) is 3.12. The highest BCUT2D eigenvalue weighted by Gasteiger charge is 2.28. The van der Waals surface area contributed by atoms with E-state index in [0.29, 0.717) is 6.29 Å². The first-order valence-electron chi connectivity index (χ1n) is 5.59. The van der Waals surface area contributed by atoms with Gasteiger partial charge in [-0.1, -0.05) is 20.8 Å². The molecule has 0 aliphatic heterocycles. The van der Waals surface area contributed by atoms with Crippen LogP contribution in [0.2, 0.25) is 0 Å². The van der Waals surface area contributed by atoms with E-state index in [0.717, 1.165) is 0 Å². The minimum absolute atomic E-state index is 0.0186. The molecule has 0 aliphatic rings. The lowest BCUT2D eigenvalue weighted by Gasteiger charge is -2.18. The van der Waals surface area contributed by atoms with Crippen LogP contribution < -0.4 is 5.32 Å². The third-order valence-corrected chi connectivity index (χ3v) is 2.49. The van der Waals surface area contributed by atoms with Crippen LogP contribution in [0.1, 0.15) is 36.8 Å². The molecule has 1 aromatic rings. The SMILES string of the molecule is Cc1ncc(C=O)c(NC(=O)C(C)(C)C)c1[N+](=O)[O-]. The Balaban J connectivity index is 3.39. The molecule has 1 amide bonds. The fourth-order valence-electron chi connectivity index (χ4n) is 1.35. The summed E-state index contributed by atoms with van der Waals surface area (Å²) >= 11 is 0. The van der Waals surface area contributed by atoms with Crippen molar-refractivity contribution in [2.24, 2.45) is 5.41 Å². The maximum absolute atomic E-state index is 11.9. The number of nitrogens with one attached hydrogen (secondary N) is 1. The maximum atomic E-state index is 11.9. The Morgan fingerprint density at radius 2 is 2.05 bits per heavy atom. The number of aromatic nitrogens is 1. The Labute approximate surface area is 110 Å². The molecule has 19 heavy (non-hydrogen) atoms. The van der Waals surface area contributed by atoms with Gasteiger partial charge in [-0.15, -0.1) is 0 Å². The van der Waals surface area contributed by atoms with E-state index in [1.807, 2.05) is 0 Å². The Hall–Kier alpha value is -2.31. The first-order chi connectivity index (χ1) is 8.68. The van der Waals surface area contributed by atoms with Gasteiger partial charge >= 0.3 is 5.69 Å². The van der Waals surface area contributed by atoms with Crippen LogP contribution in [0.3, 0.4) is 0 Å². The smallest absolute Gasteiger partial charge is 0.314 e. The van der Waals surface area contributed by atoms with Crippen LogP contribution in [0.4, 0.5) is 11.4 Å². The number of aldehydes is 1. The average molecular weight is 265 g/mol. The molecule has 0 bridgehead atoms. The first kappa shape index (κ1) is 14.7. The van der Waals surface area contributed by atoms with Crippen molar-refractivity contribution >= 4 is 23.6 Å². The number of hydrogen-bond acceptors (Lipinski definition) is 5. The van der Waals surface area contributed by atoms with Crippen LogP contribution in [0, 0.1) is 22.5 Å². The molecular formula is C12H15N3O4. The zero-order chi connectivity index (χ0) is 14.8. The van der Waals surface area contributed by atoms with Crippen LogP contribution in [0.25, 0.3) is 0 Å². The number of nitrogens with zero attached hydrogens (tertiary/aromatic N) is 2. The molecule has 0 spiro atoms. The molecule has 0 aliphatic carbocycles. The Kier molecular flexibility index (Phi) is 3.98. The number of pyridine rings is 1. The van der Waals surface area contributed by atoms with E-state index in [1.54, 1.807) is 20.8 Å². The molecule has 1 N–H and O–H groups in total. The summed E-state index contributed by atoms with van der Waals surface area (Å²) in [5.74, 6) is -0.413. The van der Waals surface area contributed by atoms with Crippen LogP contribution in [-0.4, -0.2) is 22.1 Å². The molecule has 0 saturated carbocycles. The highest BCUT2D eigenvalue weighted by Crippen LogP contribution is 2.31. The van der Waals surface area contributed by atoms with E-state index in [-0.39, 0.29) is 22.6 Å². The normalized spacial score (nSPS) is 10.9. The van der Waals surface area contributed by atoms with Crippen molar-refractivity contribution in [2.45, 2.75) is 27.7 Å². The van der Waals surface area contributed by atoms with Gasteiger partial charge in [-0.2, -0.15) is 0 Å². The summed E-state index contributed by atoms with van der Waals surface area (Å²) < 4.78 is 0. The van der Waals surface area contributed by atoms with E-state index in [9.17, 15) is 19.7 Å². The van der Waals surface area contributed by atoms with Gasteiger partial charge in [0.25, 0.3) is 0 Å². The lowest BCUT2D eigenvalue weighted by molar-refractivity contribution is -0.384. The van der Waals surface area contributed by atoms with E-state index >= 15 is 0 Å². The van der Waals surface area contributed by atoms with E-state index < -0.39 is 16.2 Å². The molecule has 0 atom stereocenters. The van der Waals surface area contributed by atoms with Crippen molar-refractivity contribution < 1.29 is 14.5 Å². The molecule has 1 aromatic heterocycles. The molecule has 7 nitrogen and oxygen atoms in total. The minimum atomic E-state index is -0.731. The number of anilines is 1. The van der Waals surface area contributed by atoms with Crippen molar-refractivity contribution in [1.29, 1.82) is 0 Å².